The minimum Gasteiger partial charge on any atom is -0.478 e. The highest BCUT2D eigenvalue weighted by molar-refractivity contribution is 6.03. The second-order valence-electron chi connectivity index (χ2n) is 5.94. The lowest BCUT2D eigenvalue weighted by atomic mass is 10.3. The van der Waals surface area contributed by atoms with E-state index in [1.54, 1.807) is 27.7 Å². The summed E-state index contributed by atoms with van der Waals surface area (Å²) in [6, 6.07) is 2.91. The molecule has 0 aliphatic heterocycles. The Labute approximate surface area is 136 Å². The van der Waals surface area contributed by atoms with Crippen LogP contribution in [0.25, 0.3) is 5.65 Å². The topological polar surface area (TPSA) is 102 Å². The van der Waals surface area contributed by atoms with Crippen molar-refractivity contribution in [3.05, 3.63) is 48.0 Å². The third-order valence-electron chi connectivity index (χ3n) is 4.04. The number of hydrogen-bond acceptors (Lipinski definition) is 4. The maximum Gasteiger partial charge on any atom is 0.335 e. The predicted molar refractivity (Wildman–Crippen MR) is 85.1 cm³/mol. The van der Waals surface area contributed by atoms with Crippen molar-refractivity contribution in [3.63, 3.8) is 0 Å². The molecule has 1 aliphatic rings. The summed E-state index contributed by atoms with van der Waals surface area (Å²) in [6.07, 6.45) is 8.79. The predicted octanol–water partition coefficient (Wildman–Crippen LogP) is 1.89. The first-order valence-electron chi connectivity index (χ1n) is 7.64. The molecule has 0 spiro atoms. The summed E-state index contributed by atoms with van der Waals surface area (Å²) in [4.78, 5) is 27.5. The summed E-state index contributed by atoms with van der Waals surface area (Å²) in [6.45, 7) is 0.848. The molecule has 0 unspecified atom stereocenters. The van der Waals surface area contributed by atoms with Gasteiger partial charge in [-0.25, -0.2) is 9.78 Å². The van der Waals surface area contributed by atoms with E-state index in [2.05, 4.69) is 15.4 Å². The van der Waals surface area contributed by atoms with E-state index in [1.807, 2.05) is 0 Å². The molecular weight excluding hydrogens is 310 g/mol. The highest BCUT2D eigenvalue weighted by Crippen LogP contribution is 2.30. The van der Waals surface area contributed by atoms with Crippen molar-refractivity contribution in [2.45, 2.75) is 19.4 Å². The van der Waals surface area contributed by atoms with E-state index in [-0.39, 0.29) is 11.5 Å². The summed E-state index contributed by atoms with van der Waals surface area (Å²) in [5.74, 6) is -0.139. The number of carbonyl (C=O) groups is 2. The quantitative estimate of drug-likeness (QED) is 0.746. The van der Waals surface area contributed by atoms with Crippen LogP contribution in [0.3, 0.4) is 0 Å². The Balaban J connectivity index is 1.53. The molecule has 0 saturated heterocycles. The van der Waals surface area contributed by atoms with E-state index >= 15 is 0 Å². The van der Waals surface area contributed by atoms with E-state index in [9.17, 15) is 9.59 Å². The van der Waals surface area contributed by atoms with Crippen molar-refractivity contribution in [3.8, 4) is 0 Å². The second-order valence-corrected chi connectivity index (χ2v) is 5.94. The number of nitrogens with zero attached hydrogens (tertiary/aromatic N) is 4. The van der Waals surface area contributed by atoms with Crippen molar-refractivity contribution in [1.82, 2.24) is 19.2 Å². The van der Waals surface area contributed by atoms with Gasteiger partial charge in [0.1, 0.15) is 11.5 Å². The van der Waals surface area contributed by atoms with Gasteiger partial charge in [0.15, 0.2) is 0 Å². The molecule has 8 nitrogen and oxygen atoms in total. The zero-order valence-electron chi connectivity index (χ0n) is 12.7. The van der Waals surface area contributed by atoms with E-state index in [0.717, 1.165) is 6.54 Å². The van der Waals surface area contributed by atoms with Gasteiger partial charge in [-0.05, 0) is 30.9 Å². The van der Waals surface area contributed by atoms with Crippen LogP contribution in [-0.4, -0.2) is 36.1 Å². The van der Waals surface area contributed by atoms with Gasteiger partial charge < -0.3 is 10.4 Å². The zero-order valence-corrected chi connectivity index (χ0v) is 12.7. The fraction of sp³-hybridized carbons (Fsp3) is 0.250. The standard InChI is InChI=1S/C16H15N5O3/c22-15(12-6-18-20(9-12)8-10-1-2-10)19-14-7-17-13-5-11(16(23)24)3-4-21(13)14/h3-7,9-10H,1-2,8H2,(H,19,22)(H,23,24). The van der Waals surface area contributed by atoms with E-state index in [0.29, 0.717) is 22.9 Å². The van der Waals surface area contributed by atoms with Crippen LogP contribution in [-0.2, 0) is 6.54 Å². The smallest absolute Gasteiger partial charge is 0.335 e. The lowest BCUT2D eigenvalue weighted by molar-refractivity contribution is 0.0696. The average molecular weight is 325 g/mol. The molecule has 1 amide bonds. The number of hydrogen-bond donors (Lipinski definition) is 2. The zero-order chi connectivity index (χ0) is 16.7. The summed E-state index contributed by atoms with van der Waals surface area (Å²) < 4.78 is 3.42. The minimum absolute atomic E-state index is 0.146. The Bertz CT molecular complexity index is 938. The number of nitrogens with one attached hydrogen (secondary N) is 1. The molecule has 2 N–H and O–H groups in total. The van der Waals surface area contributed by atoms with Crippen molar-refractivity contribution in [1.29, 1.82) is 0 Å². The molecule has 1 fully saturated rings. The van der Waals surface area contributed by atoms with Crippen LogP contribution < -0.4 is 5.32 Å². The lowest BCUT2D eigenvalue weighted by Gasteiger charge is -2.04. The molecular formula is C16H15N5O3. The fourth-order valence-electron chi connectivity index (χ4n) is 2.54. The number of aromatic carboxylic acids is 1. The number of carboxylic acid groups (broad SMARTS) is 1. The normalized spacial score (nSPS) is 14.0. The maximum absolute atomic E-state index is 12.3. The highest BCUT2D eigenvalue weighted by Gasteiger charge is 2.22. The van der Waals surface area contributed by atoms with Crippen LogP contribution in [0.15, 0.2) is 36.9 Å². The SMILES string of the molecule is O=C(O)c1ccn2c(NC(=O)c3cnn(CC4CC4)c3)cnc2c1. The third-order valence-corrected chi connectivity index (χ3v) is 4.04. The first-order chi connectivity index (χ1) is 11.6. The summed E-state index contributed by atoms with van der Waals surface area (Å²) >= 11 is 0. The number of anilines is 1. The molecule has 3 aromatic rings. The van der Waals surface area contributed by atoms with Crippen LogP contribution in [0.4, 0.5) is 5.82 Å². The van der Waals surface area contributed by atoms with Crippen molar-refractivity contribution in [2.75, 3.05) is 5.32 Å². The van der Waals surface area contributed by atoms with Crippen molar-refractivity contribution < 1.29 is 14.7 Å². The van der Waals surface area contributed by atoms with Gasteiger partial charge in [0, 0.05) is 18.9 Å². The van der Waals surface area contributed by atoms with E-state index in [4.69, 9.17) is 5.11 Å². The van der Waals surface area contributed by atoms with Crippen LogP contribution in [0, 0.1) is 5.92 Å². The molecule has 4 rings (SSSR count). The molecule has 0 bridgehead atoms. The number of pyridine rings is 1. The number of fused-ring (bicyclic) bond motifs is 1. The van der Waals surface area contributed by atoms with Crippen molar-refractivity contribution >= 4 is 23.3 Å². The van der Waals surface area contributed by atoms with Gasteiger partial charge >= 0.3 is 5.97 Å². The minimum atomic E-state index is -1.02. The van der Waals surface area contributed by atoms with Gasteiger partial charge in [-0.15, -0.1) is 0 Å². The Hall–Kier alpha value is -3.16. The van der Waals surface area contributed by atoms with Gasteiger partial charge in [-0.2, -0.15) is 5.10 Å². The molecule has 0 radical (unpaired) electrons. The third kappa shape index (κ3) is 2.73. The van der Waals surface area contributed by atoms with Gasteiger partial charge in [-0.1, -0.05) is 0 Å². The summed E-state index contributed by atoms with van der Waals surface area (Å²) in [5.41, 5.74) is 1.08. The number of imidazole rings is 1. The number of aromatic nitrogens is 4. The Morgan fingerprint density at radius 1 is 1.29 bits per heavy atom. The molecule has 122 valence electrons. The number of rotatable bonds is 5. The number of carboxylic acids is 1. The van der Waals surface area contributed by atoms with Crippen LogP contribution in [0.2, 0.25) is 0 Å². The lowest BCUT2D eigenvalue weighted by Crippen LogP contribution is -2.13. The highest BCUT2D eigenvalue weighted by atomic mass is 16.4. The Morgan fingerprint density at radius 3 is 2.88 bits per heavy atom. The largest absolute Gasteiger partial charge is 0.478 e. The van der Waals surface area contributed by atoms with Crippen LogP contribution in [0.1, 0.15) is 33.6 Å². The molecule has 1 aliphatic carbocycles. The van der Waals surface area contributed by atoms with Gasteiger partial charge in [0.25, 0.3) is 5.91 Å². The number of amides is 1. The van der Waals surface area contributed by atoms with Crippen molar-refractivity contribution in [2.24, 2.45) is 5.92 Å². The first-order valence-corrected chi connectivity index (χ1v) is 7.64. The fourth-order valence-corrected chi connectivity index (χ4v) is 2.54. The first kappa shape index (κ1) is 14.4. The molecule has 8 heteroatoms. The van der Waals surface area contributed by atoms with Crippen LogP contribution >= 0.6 is 0 Å². The van der Waals surface area contributed by atoms with Crippen LogP contribution in [0.5, 0.6) is 0 Å². The van der Waals surface area contributed by atoms with E-state index < -0.39 is 5.97 Å². The van der Waals surface area contributed by atoms with E-state index in [1.165, 1.54) is 31.2 Å². The Kier molecular flexibility index (Phi) is 3.30. The maximum atomic E-state index is 12.3. The molecule has 3 heterocycles. The second kappa shape index (κ2) is 5.48. The van der Waals surface area contributed by atoms with Gasteiger partial charge in [0.05, 0.1) is 23.5 Å². The molecule has 1 saturated carbocycles. The Morgan fingerprint density at radius 2 is 2.12 bits per heavy atom. The number of carbonyl (C=O) groups excluding carboxylic acids is 1. The molecule has 0 atom stereocenters. The molecule has 3 aromatic heterocycles. The van der Waals surface area contributed by atoms with Gasteiger partial charge in [-0.3, -0.25) is 13.9 Å². The summed E-state index contributed by atoms with van der Waals surface area (Å²) in [7, 11) is 0. The summed E-state index contributed by atoms with van der Waals surface area (Å²) in [5, 5.41) is 16.0. The monoisotopic (exact) mass is 325 g/mol. The molecule has 0 aromatic carbocycles. The average Bonchev–Trinajstić information content (AvgIpc) is 3.10. The van der Waals surface area contributed by atoms with Gasteiger partial charge in [0.2, 0.25) is 0 Å². The molecule has 24 heavy (non-hydrogen) atoms.